The summed E-state index contributed by atoms with van der Waals surface area (Å²) in [7, 11) is -2.88. The molecule has 7 heteroatoms. The fourth-order valence-electron chi connectivity index (χ4n) is 2.15. The smallest absolute Gasteiger partial charge is 0.151 e. The first-order chi connectivity index (χ1) is 7.57. The van der Waals surface area contributed by atoms with Crippen molar-refractivity contribution in [1.82, 2.24) is 14.8 Å². The Labute approximate surface area is 94.8 Å². The second kappa shape index (κ2) is 4.14. The van der Waals surface area contributed by atoms with Crippen molar-refractivity contribution in [1.29, 1.82) is 0 Å². The molecule has 6 nitrogen and oxygen atoms in total. The van der Waals surface area contributed by atoms with Gasteiger partial charge in [-0.1, -0.05) is 0 Å². The maximum atomic E-state index is 11.4. The topological polar surface area (TPSA) is 90.9 Å². The van der Waals surface area contributed by atoms with Crippen molar-refractivity contribution in [2.24, 2.45) is 5.73 Å². The number of nitrogens with two attached hydrogens (primary N) is 1. The minimum atomic E-state index is -2.88. The highest BCUT2D eigenvalue weighted by Gasteiger charge is 2.32. The lowest BCUT2D eigenvalue weighted by Crippen LogP contribution is -2.13. The predicted octanol–water partition coefficient (Wildman–Crippen LogP) is -0.341. The highest BCUT2D eigenvalue weighted by molar-refractivity contribution is 7.91. The van der Waals surface area contributed by atoms with Crippen LogP contribution in [0.3, 0.4) is 0 Å². The maximum Gasteiger partial charge on any atom is 0.151 e. The van der Waals surface area contributed by atoms with Gasteiger partial charge >= 0.3 is 0 Å². The molecular formula is C9H16N4O2S. The number of hydrogen-bond acceptors (Lipinski definition) is 5. The predicted molar refractivity (Wildman–Crippen MR) is 59.6 cm³/mol. The van der Waals surface area contributed by atoms with Crippen LogP contribution in [0, 0.1) is 0 Å². The van der Waals surface area contributed by atoms with Crippen LogP contribution < -0.4 is 5.73 Å². The summed E-state index contributed by atoms with van der Waals surface area (Å²) < 4.78 is 24.7. The second-order valence-electron chi connectivity index (χ2n) is 4.02. The fourth-order valence-corrected chi connectivity index (χ4v) is 3.88. The number of rotatable bonds is 3. The van der Waals surface area contributed by atoms with E-state index >= 15 is 0 Å². The Morgan fingerprint density at radius 1 is 1.50 bits per heavy atom. The van der Waals surface area contributed by atoms with E-state index in [4.69, 9.17) is 5.73 Å². The zero-order valence-corrected chi connectivity index (χ0v) is 10.1. The number of sulfone groups is 1. The summed E-state index contributed by atoms with van der Waals surface area (Å²) in [6, 6.07) is 0. The van der Waals surface area contributed by atoms with Crippen LogP contribution in [0.2, 0.25) is 0 Å². The SMILES string of the molecule is CCn1c(CN)nnc1C1CCS(=O)(=O)C1. The lowest BCUT2D eigenvalue weighted by atomic mass is 10.1. The van der Waals surface area contributed by atoms with E-state index < -0.39 is 9.84 Å². The van der Waals surface area contributed by atoms with Gasteiger partial charge in [0.25, 0.3) is 0 Å². The Balaban J connectivity index is 2.31. The van der Waals surface area contributed by atoms with Gasteiger partial charge in [-0.2, -0.15) is 0 Å². The summed E-state index contributed by atoms with van der Waals surface area (Å²) in [6.07, 6.45) is 0.644. The molecule has 16 heavy (non-hydrogen) atoms. The molecule has 2 N–H and O–H groups in total. The van der Waals surface area contributed by atoms with Gasteiger partial charge in [0.05, 0.1) is 18.1 Å². The Morgan fingerprint density at radius 2 is 2.25 bits per heavy atom. The molecule has 0 radical (unpaired) electrons. The summed E-state index contributed by atoms with van der Waals surface area (Å²) in [5.41, 5.74) is 5.55. The summed E-state index contributed by atoms with van der Waals surface area (Å²) in [5.74, 6) is 1.92. The molecule has 1 aliphatic rings. The molecule has 0 saturated carbocycles. The van der Waals surface area contributed by atoms with E-state index in [2.05, 4.69) is 10.2 Å². The van der Waals surface area contributed by atoms with Gasteiger partial charge in [-0.15, -0.1) is 10.2 Å². The van der Waals surface area contributed by atoms with Crippen LogP contribution in [-0.2, 0) is 22.9 Å². The molecule has 0 amide bonds. The van der Waals surface area contributed by atoms with Crippen molar-refractivity contribution >= 4 is 9.84 Å². The van der Waals surface area contributed by atoms with Gasteiger partial charge in [-0.05, 0) is 13.3 Å². The highest BCUT2D eigenvalue weighted by Crippen LogP contribution is 2.27. The van der Waals surface area contributed by atoms with Crippen LogP contribution in [-0.4, -0.2) is 34.7 Å². The van der Waals surface area contributed by atoms with E-state index in [-0.39, 0.29) is 17.4 Å². The fraction of sp³-hybridized carbons (Fsp3) is 0.778. The average Bonchev–Trinajstić information content (AvgIpc) is 2.80. The molecule has 1 aromatic heterocycles. The molecule has 0 aliphatic carbocycles. The summed E-state index contributed by atoms with van der Waals surface area (Å²) in [5, 5.41) is 8.06. The third-order valence-corrected chi connectivity index (χ3v) is 4.72. The summed E-state index contributed by atoms with van der Waals surface area (Å²) in [6.45, 7) is 3.04. The highest BCUT2D eigenvalue weighted by atomic mass is 32.2. The van der Waals surface area contributed by atoms with Crippen molar-refractivity contribution in [3.63, 3.8) is 0 Å². The van der Waals surface area contributed by atoms with Gasteiger partial charge in [-0.3, -0.25) is 0 Å². The summed E-state index contributed by atoms with van der Waals surface area (Å²) in [4.78, 5) is 0. The number of nitrogens with zero attached hydrogens (tertiary/aromatic N) is 3. The van der Waals surface area contributed by atoms with Gasteiger partial charge in [-0.25, -0.2) is 8.42 Å². The van der Waals surface area contributed by atoms with Crippen LogP contribution in [0.15, 0.2) is 0 Å². The van der Waals surface area contributed by atoms with Crippen LogP contribution in [0.4, 0.5) is 0 Å². The van der Waals surface area contributed by atoms with Crippen LogP contribution >= 0.6 is 0 Å². The third-order valence-electron chi connectivity index (χ3n) is 2.95. The van der Waals surface area contributed by atoms with Gasteiger partial charge in [0.15, 0.2) is 9.84 Å². The Kier molecular flexibility index (Phi) is 2.98. The summed E-state index contributed by atoms with van der Waals surface area (Å²) >= 11 is 0. The van der Waals surface area contributed by atoms with E-state index in [1.807, 2.05) is 11.5 Å². The van der Waals surface area contributed by atoms with Crippen LogP contribution in [0.5, 0.6) is 0 Å². The molecule has 0 spiro atoms. The molecule has 1 atom stereocenters. The first-order valence-corrected chi connectivity index (χ1v) is 7.22. The quantitative estimate of drug-likeness (QED) is 0.785. The molecular weight excluding hydrogens is 228 g/mol. The molecule has 0 bridgehead atoms. The molecule has 1 unspecified atom stereocenters. The normalized spacial score (nSPS) is 23.8. The van der Waals surface area contributed by atoms with E-state index in [0.717, 1.165) is 18.2 Å². The van der Waals surface area contributed by atoms with Gasteiger partial charge in [0.1, 0.15) is 11.6 Å². The maximum absolute atomic E-state index is 11.4. The standard InChI is InChI=1S/C9H16N4O2S/c1-2-13-8(5-10)11-12-9(13)7-3-4-16(14,15)6-7/h7H,2-6,10H2,1H3. The minimum Gasteiger partial charge on any atom is -0.324 e. The number of aromatic nitrogens is 3. The van der Waals surface area contributed by atoms with Gasteiger partial charge in [0.2, 0.25) is 0 Å². The van der Waals surface area contributed by atoms with Gasteiger partial charge < -0.3 is 10.3 Å². The van der Waals surface area contributed by atoms with Crippen molar-refractivity contribution in [2.45, 2.75) is 32.4 Å². The monoisotopic (exact) mass is 244 g/mol. The van der Waals surface area contributed by atoms with E-state index in [1.54, 1.807) is 0 Å². The van der Waals surface area contributed by atoms with Gasteiger partial charge in [0, 0.05) is 12.5 Å². The van der Waals surface area contributed by atoms with Crippen LogP contribution in [0.25, 0.3) is 0 Å². The Morgan fingerprint density at radius 3 is 2.75 bits per heavy atom. The molecule has 1 saturated heterocycles. The molecule has 0 aromatic carbocycles. The molecule has 1 aromatic rings. The van der Waals surface area contributed by atoms with Crippen molar-refractivity contribution in [2.75, 3.05) is 11.5 Å². The molecule has 90 valence electrons. The zero-order chi connectivity index (χ0) is 11.8. The Bertz CT molecular complexity index is 480. The first-order valence-electron chi connectivity index (χ1n) is 5.40. The Hall–Kier alpha value is -0.950. The lowest BCUT2D eigenvalue weighted by Gasteiger charge is -2.10. The number of hydrogen-bond donors (Lipinski definition) is 1. The average molecular weight is 244 g/mol. The first kappa shape index (κ1) is 11.5. The van der Waals surface area contributed by atoms with Crippen LogP contribution in [0.1, 0.15) is 30.9 Å². The second-order valence-corrected chi connectivity index (χ2v) is 6.25. The third kappa shape index (κ3) is 1.97. The zero-order valence-electron chi connectivity index (χ0n) is 9.26. The van der Waals surface area contributed by atoms with Crippen molar-refractivity contribution in [3.05, 3.63) is 11.6 Å². The van der Waals surface area contributed by atoms with E-state index in [1.165, 1.54) is 0 Å². The van der Waals surface area contributed by atoms with E-state index in [0.29, 0.717) is 13.0 Å². The van der Waals surface area contributed by atoms with Crippen molar-refractivity contribution in [3.8, 4) is 0 Å². The minimum absolute atomic E-state index is 0.0160. The molecule has 1 aliphatic heterocycles. The lowest BCUT2D eigenvalue weighted by molar-refractivity contribution is 0.595. The molecule has 1 fully saturated rings. The largest absolute Gasteiger partial charge is 0.324 e. The van der Waals surface area contributed by atoms with E-state index in [9.17, 15) is 8.42 Å². The molecule has 2 heterocycles. The molecule has 2 rings (SSSR count). The van der Waals surface area contributed by atoms with Crippen molar-refractivity contribution < 1.29 is 8.42 Å².